The number of rotatable bonds is 5. The van der Waals surface area contributed by atoms with Crippen LogP contribution in [0.25, 0.3) is 0 Å². The number of ether oxygens (including phenoxy) is 1. The van der Waals surface area contributed by atoms with E-state index >= 15 is 0 Å². The summed E-state index contributed by atoms with van der Waals surface area (Å²) in [5.74, 6) is 1.40. The molecule has 21 heavy (non-hydrogen) atoms. The largest absolute Gasteiger partial charge is 0.496 e. The summed E-state index contributed by atoms with van der Waals surface area (Å²) in [6.07, 6.45) is 1.03. The van der Waals surface area contributed by atoms with Gasteiger partial charge in [0.05, 0.1) is 7.11 Å². The fourth-order valence-electron chi connectivity index (χ4n) is 2.39. The molecule has 0 radical (unpaired) electrons. The number of hydrogen-bond donors (Lipinski definition) is 0. The minimum atomic E-state index is 0.0318. The Labute approximate surface area is 126 Å². The molecule has 0 atom stereocenters. The molecule has 0 saturated carbocycles. The quantitative estimate of drug-likeness (QED) is 0.758. The van der Waals surface area contributed by atoms with E-state index in [0.29, 0.717) is 17.0 Å². The molecule has 0 aromatic heterocycles. The van der Waals surface area contributed by atoms with Crippen LogP contribution in [0, 0.1) is 12.8 Å². The van der Waals surface area contributed by atoms with Crippen LogP contribution in [-0.2, 0) is 6.42 Å². The van der Waals surface area contributed by atoms with Gasteiger partial charge in [-0.2, -0.15) is 0 Å². The van der Waals surface area contributed by atoms with Crippen LogP contribution in [0.1, 0.15) is 40.9 Å². The lowest BCUT2D eigenvalue weighted by Gasteiger charge is -2.08. The highest BCUT2D eigenvalue weighted by atomic mass is 16.5. The third-order valence-electron chi connectivity index (χ3n) is 3.53. The Bertz CT molecular complexity index is 625. The van der Waals surface area contributed by atoms with Crippen molar-refractivity contribution in [3.05, 3.63) is 64.7 Å². The van der Waals surface area contributed by atoms with E-state index in [0.717, 1.165) is 17.7 Å². The Kier molecular flexibility index (Phi) is 4.79. The van der Waals surface area contributed by atoms with E-state index in [4.69, 9.17) is 4.74 Å². The first-order chi connectivity index (χ1) is 10.0. The van der Waals surface area contributed by atoms with Crippen LogP contribution in [0.15, 0.2) is 42.5 Å². The predicted molar refractivity (Wildman–Crippen MR) is 86.1 cm³/mol. The van der Waals surface area contributed by atoms with E-state index in [1.165, 1.54) is 5.56 Å². The summed E-state index contributed by atoms with van der Waals surface area (Å²) < 4.78 is 5.28. The fraction of sp³-hybridized carbons (Fsp3) is 0.316. The maximum Gasteiger partial charge on any atom is 0.193 e. The zero-order valence-corrected chi connectivity index (χ0v) is 13.1. The lowest BCUT2D eigenvalue weighted by Crippen LogP contribution is -2.03. The fourth-order valence-corrected chi connectivity index (χ4v) is 2.39. The predicted octanol–water partition coefficient (Wildman–Crippen LogP) is 4.43. The van der Waals surface area contributed by atoms with Crippen LogP contribution < -0.4 is 4.74 Å². The topological polar surface area (TPSA) is 26.3 Å². The molecule has 2 aromatic rings. The van der Waals surface area contributed by atoms with Gasteiger partial charge < -0.3 is 4.74 Å². The zero-order chi connectivity index (χ0) is 15.4. The number of hydrogen-bond acceptors (Lipinski definition) is 2. The summed E-state index contributed by atoms with van der Waals surface area (Å²) in [5, 5.41) is 0. The molecule has 0 spiro atoms. The van der Waals surface area contributed by atoms with Gasteiger partial charge in [-0.15, -0.1) is 0 Å². The van der Waals surface area contributed by atoms with E-state index in [9.17, 15) is 4.79 Å². The first-order valence-corrected chi connectivity index (χ1v) is 7.29. The second kappa shape index (κ2) is 6.57. The van der Waals surface area contributed by atoms with Crippen molar-refractivity contribution in [1.29, 1.82) is 0 Å². The minimum Gasteiger partial charge on any atom is -0.496 e. The summed E-state index contributed by atoms with van der Waals surface area (Å²) in [7, 11) is 1.62. The summed E-state index contributed by atoms with van der Waals surface area (Å²) in [6, 6.07) is 13.5. The van der Waals surface area contributed by atoms with Crippen molar-refractivity contribution >= 4 is 5.78 Å². The second-order valence-electron chi connectivity index (χ2n) is 5.81. The van der Waals surface area contributed by atoms with Crippen molar-refractivity contribution in [2.45, 2.75) is 27.2 Å². The van der Waals surface area contributed by atoms with E-state index < -0.39 is 0 Å². The molecule has 0 aliphatic rings. The normalized spacial score (nSPS) is 10.7. The van der Waals surface area contributed by atoms with Crippen molar-refractivity contribution in [3.8, 4) is 5.75 Å². The van der Waals surface area contributed by atoms with Gasteiger partial charge in [-0.3, -0.25) is 4.79 Å². The van der Waals surface area contributed by atoms with Crippen molar-refractivity contribution in [2.75, 3.05) is 7.11 Å². The van der Waals surface area contributed by atoms with Gasteiger partial charge in [-0.25, -0.2) is 0 Å². The molecular formula is C19H22O2. The zero-order valence-electron chi connectivity index (χ0n) is 13.1. The van der Waals surface area contributed by atoms with Crippen molar-refractivity contribution in [3.63, 3.8) is 0 Å². The van der Waals surface area contributed by atoms with Crippen LogP contribution in [0.4, 0.5) is 0 Å². The van der Waals surface area contributed by atoms with Gasteiger partial charge in [0.25, 0.3) is 0 Å². The molecule has 2 rings (SSSR count). The Balaban J connectivity index is 2.23. The molecule has 0 saturated heterocycles. The molecule has 0 aliphatic carbocycles. The van der Waals surface area contributed by atoms with Crippen molar-refractivity contribution < 1.29 is 9.53 Å². The van der Waals surface area contributed by atoms with Crippen molar-refractivity contribution in [1.82, 2.24) is 0 Å². The highest BCUT2D eigenvalue weighted by Gasteiger charge is 2.11. The van der Waals surface area contributed by atoms with Crippen LogP contribution in [0.2, 0.25) is 0 Å². The molecule has 2 nitrogen and oxygen atoms in total. The highest BCUT2D eigenvalue weighted by molar-refractivity contribution is 6.09. The van der Waals surface area contributed by atoms with Crippen LogP contribution in [-0.4, -0.2) is 12.9 Å². The molecule has 110 valence electrons. The van der Waals surface area contributed by atoms with Crippen LogP contribution >= 0.6 is 0 Å². The van der Waals surface area contributed by atoms with E-state index in [2.05, 4.69) is 13.8 Å². The van der Waals surface area contributed by atoms with Gasteiger partial charge >= 0.3 is 0 Å². The number of carbonyl (C=O) groups excluding carboxylic acids is 1. The first-order valence-electron chi connectivity index (χ1n) is 7.29. The summed E-state index contributed by atoms with van der Waals surface area (Å²) in [6.45, 7) is 6.35. The molecule has 0 aliphatic heterocycles. The Hall–Kier alpha value is -2.09. The van der Waals surface area contributed by atoms with E-state index in [-0.39, 0.29) is 5.78 Å². The van der Waals surface area contributed by atoms with Gasteiger partial charge in [0.15, 0.2) is 5.78 Å². The maximum absolute atomic E-state index is 12.5. The van der Waals surface area contributed by atoms with Crippen LogP contribution in [0.3, 0.4) is 0 Å². The number of ketones is 1. The molecule has 2 aromatic carbocycles. The third-order valence-corrected chi connectivity index (χ3v) is 3.53. The Morgan fingerprint density at radius 3 is 2.24 bits per heavy atom. The number of carbonyl (C=O) groups is 1. The number of methoxy groups -OCH3 is 1. The van der Waals surface area contributed by atoms with Gasteiger partial charge in [0.1, 0.15) is 5.75 Å². The molecule has 0 N–H and O–H groups in total. The molecular weight excluding hydrogens is 260 g/mol. The monoisotopic (exact) mass is 282 g/mol. The highest BCUT2D eigenvalue weighted by Crippen LogP contribution is 2.21. The second-order valence-corrected chi connectivity index (χ2v) is 5.81. The SMILES string of the molecule is COc1cc(C(=O)c2ccc(CC(C)C)cc2)ccc1C. The number of benzene rings is 2. The van der Waals surface area contributed by atoms with Crippen molar-refractivity contribution in [2.24, 2.45) is 5.92 Å². The van der Waals surface area contributed by atoms with E-state index in [1.54, 1.807) is 13.2 Å². The Morgan fingerprint density at radius 1 is 1.05 bits per heavy atom. The standard InChI is InChI=1S/C19H22O2/c1-13(2)11-15-6-9-16(10-7-15)19(20)17-8-5-14(3)18(12-17)21-4/h5-10,12-13H,11H2,1-4H3. The number of aryl methyl sites for hydroxylation is 1. The Morgan fingerprint density at radius 2 is 1.67 bits per heavy atom. The smallest absolute Gasteiger partial charge is 0.193 e. The molecule has 0 amide bonds. The molecule has 0 unspecified atom stereocenters. The lowest BCUT2D eigenvalue weighted by atomic mass is 9.98. The van der Waals surface area contributed by atoms with Crippen LogP contribution in [0.5, 0.6) is 5.75 Å². The van der Waals surface area contributed by atoms with Gasteiger partial charge in [0, 0.05) is 11.1 Å². The molecule has 0 fully saturated rings. The maximum atomic E-state index is 12.5. The average Bonchev–Trinajstić information content (AvgIpc) is 2.47. The van der Waals surface area contributed by atoms with Gasteiger partial charge in [-0.1, -0.05) is 50.2 Å². The third kappa shape index (κ3) is 3.72. The summed E-state index contributed by atoms with van der Waals surface area (Å²) in [4.78, 5) is 12.5. The summed E-state index contributed by atoms with van der Waals surface area (Å²) >= 11 is 0. The summed E-state index contributed by atoms with van der Waals surface area (Å²) in [5.41, 5.74) is 3.67. The molecule has 2 heteroatoms. The van der Waals surface area contributed by atoms with Gasteiger partial charge in [-0.05, 0) is 36.5 Å². The average molecular weight is 282 g/mol. The van der Waals surface area contributed by atoms with Gasteiger partial charge in [0.2, 0.25) is 0 Å². The minimum absolute atomic E-state index is 0.0318. The van der Waals surface area contributed by atoms with E-state index in [1.807, 2.05) is 43.3 Å². The first kappa shape index (κ1) is 15.3. The molecule has 0 heterocycles. The molecule has 0 bridgehead atoms. The lowest BCUT2D eigenvalue weighted by molar-refractivity contribution is 0.103.